The Morgan fingerprint density at radius 1 is 0.930 bits per heavy atom. The molecule has 2 rings (SSSR count). The molecule has 234 valence electrons. The van der Waals surface area contributed by atoms with Gasteiger partial charge in [-0.25, -0.2) is 18.0 Å². The average molecular weight is 620 g/mol. The lowest BCUT2D eigenvalue weighted by Crippen LogP contribution is -2.33. The van der Waals surface area contributed by atoms with Crippen molar-refractivity contribution in [3.05, 3.63) is 75.8 Å². The first-order chi connectivity index (χ1) is 20.1. The van der Waals surface area contributed by atoms with Crippen molar-refractivity contribution >= 4 is 38.9 Å². The van der Waals surface area contributed by atoms with Gasteiger partial charge in [0.2, 0.25) is 0 Å². The van der Waals surface area contributed by atoms with Crippen LogP contribution in [0.4, 0.5) is 0 Å². The van der Waals surface area contributed by atoms with Crippen molar-refractivity contribution in [1.29, 1.82) is 0 Å². The Labute approximate surface area is 251 Å². The van der Waals surface area contributed by atoms with Gasteiger partial charge >= 0.3 is 17.9 Å². The van der Waals surface area contributed by atoms with E-state index in [0.29, 0.717) is 30.4 Å². The van der Waals surface area contributed by atoms with Gasteiger partial charge in [0.05, 0.1) is 17.1 Å². The molecule has 0 aliphatic heterocycles. The Hall–Kier alpha value is -4.26. The summed E-state index contributed by atoms with van der Waals surface area (Å²) in [6.07, 6.45) is 1.08. The molecule has 0 saturated carbocycles. The quantitative estimate of drug-likeness (QED) is 0.0521. The number of hydrogen-bond acceptors (Lipinski definition) is 11. The highest BCUT2D eigenvalue weighted by Crippen LogP contribution is 2.30. The Bertz CT molecular complexity index is 1410. The van der Waals surface area contributed by atoms with Gasteiger partial charge in [0.25, 0.3) is 5.09 Å². The van der Waals surface area contributed by atoms with Crippen molar-refractivity contribution < 1.29 is 46.9 Å². The molecule has 0 heterocycles. The lowest BCUT2D eigenvalue weighted by atomic mass is 9.95. The van der Waals surface area contributed by atoms with E-state index in [1.54, 1.807) is 51.1 Å². The second-order valence-electron chi connectivity index (χ2n) is 10.6. The second-order valence-corrected chi connectivity index (χ2v) is 12.6. The van der Waals surface area contributed by atoms with E-state index in [4.69, 9.17) is 14.2 Å². The first-order valence-electron chi connectivity index (χ1n) is 13.5. The minimum absolute atomic E-state index is 0.00726. The van der Waals surface area contributed by atoms with Crippen LogP contribution in [-0.2, 0) is 43.3 Å². The first-order valence-corrected chi connectivity index (χ1v) is 15.4. The molecule has 0 unspecified atom stereocenters. The number of esters is 3. The van der Waals surface area contributed by atoms with Gasteiger partial charge in [-0.05, 0) is 63.8 Å². The van der Waals surface area contributed by atoms with Gasteiger partial charge in [-0.3, -0.25) is 4.79 Å². The van der Waals surface area contributed by atoms with Gasteiger partial charge in [-0.15, -0.1) is 10.1 Å². The monoisotopic (exact) mass is 619 g/mol. The van der Waals surface area contributed by atoms with Crippen LogP contribution in [0.2, 0.25) is 0 Å². The molecule has 0 fully saturated rings. The van der Waals surface area contributed by atoms with E-state index in [1.165, 1.54) is 31.2 Å². The van der Waals surface area contributed by atoms with E-state index in [2.05, 4.69) is 4.84 Å². The molecule has 0 spiro atoms. The summed E-state index contributed by atoms with van der Waals surface area (Å²) >= 11 is 0. The molecule has 12 nitrogen and oxygen atoms in total. The second kappa shape index (κ2) is 15.8. The highest BCUT2D eigenvalue weighted by molar-refractivity contribution is 7.90. The van der Waals surface area contributed by atoms with E-state index in [1.807, 2.05) is 0 Å². The maximum Gasteiger partial charge on any atom is 0.347 e. The Morgan fingerprint density at radius 2 is 1.56 bits per heavy atom. The smallest absolute Gasteiger partial charge is 0.347 e. The molecule has 2 aromatic carbocycles. The highest BCUT2D eigenvalue weighted by atomic mass is 32.2. The zero-order chi connectivity index (χ0) is 32.2. The van der Waals surface area contributed by atoms with Crippen molar-refractivity contribution in [3.63, 3.8) is 0 Å². The number of unbranched alkanes of at least 4 members (excludes halogenated alkanes) is 2. The lowest BCUT2D eigenvalue weighted by Gasteiger charge is -2.23. The minimum atomic E-state index is -3.51. The van der Waals surface area contributed by atoms with E-state index in [0.717, 1.165) is 6.26 Å². The molecule has 0 amide bonds. The van der Waals surface area contributed by atoms with Crippen molar-refractivity contribution in [2.75, 3.05) is 19.5 Å². The van der Waals surface area contributed by atoms with E-state index in [9.17, 15) is 32.9 Å². The molecule has 0 aromatic heterocycles. The number of hydrogen-bond donors (Lipinski definition) is 0. The summed E-state index contributed by atoms with van der Waals surface area (Å²) in [7, 11) is -3.51. The summed E-state index contributed by atoms with van der Waals surface area (Å²) in [4.78, 5) is 53.3. The van der Waals surface area contributed by atoms with Gasteiger partial charge in [0.15, 0.2) is 15.9 Å². The number of benzene rings is 2. The molecule has 13 heteroatoms. The Morgan fingerprint density at radius 3 is 2.12 bits per heavy atom. The highest BCUT2D eigenvalue weighted by Gasteiger charge is 2.28. The van der Waals surface area contributed by atoms with Crippen LogP contribution in [0.3, 0.4) is 0 Å². The molecule has 0 bridgehead atoms. The summed E-state index contributed by atoms with van der Waals surface area (Å²) < 4.78 is 40.4. The van der Waals surface area contributed by atoms with Crippen LogP contribution in [0.1, 0.15) is 64.5 Å². The Balaban J connectivity index is 2.43. The van der Waals surface area contributed by atoms with Crippen molar-refractivity contribution in [3.8, 4) is 0 Å². The predicted molar refractivity (Wildman–Crippen MR) is 157 cm³/mol. The predicted octanol–water partition coefficient (Wildman–Crippen LogP) is 4.59. The molecule has 0 saturated heterocycles. The molecule has 0 aliphatic rings. The van der Waals surface area contributed by atoms with Crippen molar-refractivity contribution in [2.45, 2.75) is 70.0 Å². The maximum absolute atomic E-state index is 13.6. The number of carbonyl (C=O) groups excluding carboxylic acids is 3. The van der Waals surface area contributed by atoms with E-state index < -0.39 is 44.5 Å². The summed E-state index contributed by atoms with van der Waals surface area (Å²) in [5.41, 5.74) is 0.217. The molecule has 1 atom stereocenters. The number of sulfone groups is 1. The topological polar surface area (TPSA) is 165 Å². The number of carbonyl (C=O) groups is 3. The zero-order valence-electron chi connectivity index (χ0n) is 24.9. The fraction of sp³-hybridized carbons (Fsp3) is 0.433. The van der Waals surface area contributed by atoms with Crippen LogP contribution in [0.15, 0.2) is 59.5 Å². The third-order valence-electron chi connectivity index (χ3n) is 5.82. The summed E-state index contributed by atoms with van der Waals surface area (Å²) in [5.74, 6) is -2.21. The average Bonchev–Trinajstić information content (AvgIpc) is 2.91. The van der Waals surface area contributed by atoms with Crippen LogP contribution in [-0.4, -0.2) is 62.6 Å². The van der Waals surface area contributed by atoms with E-state index in [-0.39, 0.29) is 35.7 Å². The van der Waals surface area contributed by atoms with Crippen LogP contribution < -0.4 is 0 Å². The molecule has 0 radical (unpaired) electrons. The van der Waals surface area contributed by atoms with Crippen LogP contribution >= 0.6 is 0 Å². The normalized spacial score (nSPS) is 12.9. The molecular weight excluding hydrogens is 582 g/mol. The zero-order valence-corrected chi connectivity index (χ0v) is 25.7. The largest absolute Gasteiger partial charge is 0.461 e. The van der Waals surface area contributed by atoms with Crippen molar-refractivity contribution in [1.82, 2.24) is 0 Å². The van der Waals surface area contributed by atoms with Crippen LogP contribution in [0.5, 0.6) is 0 Å². The van der Waals surface area contributed by atoms with Gasteiger partial charge < -0.3 is 19.0 Å². The summed E-state index contributed by atoms with van der Waals surface area (Å²) in [5, 5.41) is 9.36. The molecule has 2 aromatic rings. The standard InChI is InChI=1S/C30H37NO11S/c1-21(28(33)42-30(2,3)4)41-29(34)27(23-12-8-6-9-13-23)25(22-15-17-24(18-16-22)43(5,37)38)20-39-26(32)14-10-7-11-19-40-31(35)36/h6,8-9,12-13,15-18,21H,7,10-11,14,19-20H2,1-5H3/b27-25+/t21-/m0/s1. The number of nitrogens with zero attached hydrogens (tertiary/aromatic N) is 1. The summed E-state index contributed by atoms with van der Waals surface area (Å²) in [6, 6.07) is 14.1. The molecule has 0 N–H and O–H groups in total. The fourth-order valence-corrected chi connectivity index (χ4v) is 4.42. The first kappa shape index (κ1) is 34.9. The van der Waals surface area contributed by atoms with Crippen LogP contribution in [0, 0.1) is 10.1 Å². The third-order valence-corrected chi connectivity index (χ3v) is 6.95. The Kier molecular flexibility index (Phi) is 12.9. The summed E-state index contributed by atoms with van der Waals surface area (Å²) in [6.45, 7) is 5.97. The molecule has 0 aliphatic carbocycles. The maximum atomic E-state index is 13.6. The molecular formula is C30H37NO11S. The minimum Gasteiger partial charge on any atom is -0.461 e. The van der Waals surface area contributed by atoms with E-state index >= 15 is 0 Å². The van der Waals surface area contributed by atoms with Crippen LogP contribution in [0.25, 0.3) is 11.1 Å². The number of ether oxygens (including phenoxy) is 3. The fourth-order valence-electron chi connectivity index (χ4n) is 3.79. The van der Waals surface area contributed by atoms with Crippen molar-refractivity contribution in [2.24, 2.45) is 0 Å². The lowest BCUT2D eigenvalue weighted by molar-refractivity contribution is -0.757. The molecule has 43 heavy (non-hydrogen) atoms. The van der Waals surface area contributed by atoms with Gasteiger partial charge in [-0.1, -0.05) is 48.9 Å². The van der Waals surface area contributed by atoms with Gasteiger partial charge in [0, 0.05) is 18.2 Å². The van der Waals surface area contributed by atoms with Gasteiger partial charge in [-0.2, -0.15) is 0 Å². The number of rotatable bonds is 15. The van der Waals surface area contributed by atoms with Gasteiger partial charge in [0.1, 0.15) is 12.2 Å². The SMILES string of the molecule is C[C@H](OC(=O)/C(=C(\COC(=O)CCCCCO[N+](=O)[O-])c1ccc(S(C)(=O)=O)cc1)c1ccccc1)C(=O)OC(C)(C)C. The third kappa shape index (κ3) is 12.2.